The normalized spacial score (nSPS) is 19.3. The SMILES string of the molecule is Cc1ccc2c(c1)C=C(C(=O)NCc1ccc3c(c1)CN(C1CCC(=O)NC1=O)C3=O)CO2. The number of piperidine rings is 1. The van der Waals surface area contributed by atoms with E-state index in [0.717, 1.165) is 28.0 Å². The smallest absolute Gasteiger partial charge is 0.255 e. The van der Waals surface area contributed by atoms with Gasteiger partial charge in [0.05, 0.1) is 5.57 Å². The molecule has 1 saturated heterocycles. The highest BCUT2D eigenvalue weighted by atomic mass is 16.5. The summed E-state index contributed by atoms with van der Waals surface area (Å²) in [6.07, 6.45) is 2.39. The maximum atomic E-state index is 12.8. The number of hydrogen-bond donors (Lipinski definition) is 2. The highest BCUT2D eigenvalue weighted by Crippen LogP contribution is 2.29. The summed E-state index contributed by atoms with van der Waals surface area (Å²) in [6.45, 7) is 2.80. The van der Waals surface area contributed by atoms with Gasteiger partial charge in [0.2, 0.25) is 11.8 Å². The van der Waals surface area contributed by atoms with Crippen LogP contribution < -0.4 is 15.4 Å². The number of imide groups is 1. The van der Waals surface area contributed by atoms with E-state index in [1.165, 1.54) is 4.90 Å². The predicted molar refractivity (Wildman–Crippen MR) is 119 cm³/mol. The molecular weight excluding hydrogens is 422 g/mol. The number of fused-ring (bicyclic) bond motifs is 2. The molecule has 0 spiro atoms. The third kappa shape index (κ3) is 4.00. The Hall–Kier alpha value is -3.94. The molecule has 2 aromatic carbocycles. The lowest BCUT2D eigenvalue weighted by Gasteiger charge is -2.29. The number of carbonyl (C=O) groups is 4. The predicted octanol–water partition coefficient (Wildman–Crippen LogP) is 1.85. The highest BCUT2D eigenvalue weighted by molar-refractivity contribution is 6.05. The summed E-state index contributed by atoms with van der Waals surface area (Å²) in [7, 11) is 0. The van der Waals surface area contributed by atoms with Crippen LogP contribution in [-0.4, -0.2) is 41.2 Å². The molecule has 2 N–H and O–H groups in total. The van der Waals surface area contributed by atoms with Gasteiger partial charge in [0.1, 0.15) is 18.4 Å². The molecule has 8 heteroatoms. The molecule has 0 aromatic heterocycles. The Morgan fingerprint density at radius 3 is 2.85 bits per heavy atom. The molecule has 3 aliphatic rings. The molecule has 2 aromatic rings. The van der Waals surface area contributed by atoms with Crippen molar-refractivity contribution < 1.29 is 23.9 Å². The topological polar surface area (TPSA) is 105 Å². The van der Waals surface area contributed by atoms with E-state index in [4.69, 9.17) is 4.74 Å². The Bertz CT molecular complexity index is 1230. The van der Waals surface area contributed by atoms with E-state index < -0.39 is 11.9 Å². The van der Waals surface area contributed by atoms with Crippen molar-refractivity contribution in [1.29, 1.82) is 0 Å². The molecule has 1 unspecified atom stereocenters. The van der Waals surface area contributed by atoms with Crippen LogP contribution >= 0.6 is 0 Å². The van der Waals surface area contributed by atoms with Crippen LogP contribution in [0.15, 0.2) is 42.0 Å². The van der Waals surface area contributed by atoms with Gasteiger partial charge in [0.15, 0.2) is 0 Å². The second-order valence-corrected chi connectivity index (χ2v) is 8.57. The molecule has 33 heavy (non-hydrogen) atoms. The van der Waals surface area contributed by atoms with E-state index in [-0.39, 0.29) is 30.7 Å². The zero-order valence-corrected chi connectivity index (χ0v) is 18.1. The number of benzene rings is 2. The van der Waals surface area contributed by atoms with Crippen molar-refractivity contribution in [2.45, 2.75) is 38.9 Å². The summed E-state index contributed by atoms with van der Waals surface area (Å²) in [5.74, 6) is -0.395. The molecule has 1 atom stereocenters. The van der Waals surface area contributed by atoms with E-state index in [1.54, 1.807) is 12.1 Å². The molecule has 1 fully saturated rings. The summed E-state index contributed by atoms with van der Waals surface area (Å²) in [4.78, 5) is 50.6. The lowest BCUT2D eigenvalue weighted by atomic mass is 10.0. The monoisotopic (exact) mass is 445 g/mol. The second kappa shape index (κ2) is 8.20. The zero-order valence-electron chi connectivity index (χ0n) is 18.1. The fourth-order valence-electron chi connectivity index (χ4n) is 4.46. The number of nitrogens with zero attached hydrogens (tertiary/aromatic N) is 1. The molecule has 3 heterocycles. The van der Waals surface area contributed by atoms with Crippen LogP contribution in [0.3, 0.4) is 0 Å². The Kier molecular flexibility index (Phi) is 5.20. The van der Waals surface area contributed by atoms with Gasteiger partial charge in [-0.15, -0.1) is 0 Å². The lowest BCUT2D eigenvalue weighted by molar-refractivity contribution is -0.137. The average Bonchev–Trinajstić information content (AvgIpc) is 3.12. The van der Waals surface area contributed by atoms with E-state index in [0.29, 0.717) is 30.6 Å². The van der Waals surface area contributed by atoms with Crippen LogP contribution in [0.25, 0.3) is 6.08 Å². The van der Waals surface area contributed by atoms with Crippen LogP contribution in [0, 0.1) is 6.92 Å². The first-order valence-electron chi connectivity index (χ1n) is 10.9. The van der Waals surface area contributed by atoms with Crippen molar-refractivity contribution in [3.05, 3.63) is 69.8 Å². The van der Waals surface area contributed by atoms with Crippen molar-refractivity contribution in [1.82, 2.24) is 15.5 Å². The number of hydrogen-bond acceptors (Lipinski definition) is 5. The van der Waals surface area contributed by atoms with Gasteiger partial charge >= 0.3 is 0 Å². The fraction of sp³-hybridized carbons (Fsp3) is 0.280. The van der Waals surface area contributed by atoms with Gasteiger partial charge in [-0.25, -0.2) is 0 Å². The van der Waals surface area contributed by atoms with Gasteiger partial charge < -0.3 is 15.0 Å². The van der Waals surface area contributed by atoms with E-state index in [9.17, 15) is 19.2 Å². The molecule has 0 radical (unpaired) electrons. The summed E-state index contributed by atoms with van der Waals surface area (Å²) < 4.78 is 5.70. The number of carbonyl (C=O) groups excluding carboxylic acids is 4. The van der Waals surface area contributed by atoms with Crippen molar-refractivity contribution >= 4 is 29.7 Å². The minimum Gasteiger partial charge on any atom is -0.488 e. The maximum absolute atomic E-state index is 12.8. The van der Waals surface area contributed by atoms with Gasteiger partial charge in [-0.2, -0.15) is 0 Å². The molecule has 0 aliphatic carbocycles. The van der Waals surface area contributed by atoms with Crippen molar-refractivity contribution in [3.8, 4) is 5.75 Å². The summed E-state index contributed by atoms with van der Waals surface area (Å²) in [6, 6.07) is 10.6. The Morgan fingerprint density at radius 2 is 2.03 bits per heavy atom. The minimum absolute atomic E-state index is 0.205. The number of nitrogens with one attached hydrogen (secondary N) is 2. The first kappa shape index (κ1) is 20.9. The molecule has 168 valence electrons. The van der Waals surface area contributed by atoms with Gasteiger partial charge in [-0.1, -0.05) is 23.8 Å². The minimum atomic E-state index is -0.643. The Balaban J connectivity index is 1.25. The van der Waals surface area contributed by atoms with Crippen LogP contribution in [0.5, 0.6) is 5.75 Å². The van der Waals surface area contributed by atoms with E-state index >= 15 is 0 Å². The number of amides is 4. The lowest BCUT2D eigenvalue weighted by Crippen LogP contribution is -2.52. The number of rotatable bonds is 4. The molecule has 8 nitrogen and oxygen atoms in total. The van der Waals surface area contributed by atoms with Gasteiger partial charge in [0.25, 0.3) is 11.8 Å². The Labute approximate surface area is 190 Å². The summed E-state index contributed by atoms with van der Waals surface area (Å²) in [5.41, 5.74) is 4.73. The zero-order chi connectivity index (χ0) is 23.1. The van der Waals surface area contributed by atoms with Crippen LogP contribution in [0.4, 0.5) is 0 Å². The maximum Gasteiger partial charge on any atom is 0.255 e. The largest absolute Gasteiger partial charge is 0.488 e. The third-order valence-electron chi connectivity index (χ3n) is 6.21. The van der Waals surface area contributed by atoms with Crippen LogP contribution in [-0.2, 0) is 27.5 Å². The van der Waals surface area contributed by atoms with Crippen molar-refractivity contribution in [2.75, 3.05) is 6.61 Å². The second-order valence-electron chi connectivity index (χ2n) is 8.57. The third-order valence-corrected chi connectivity index (χ3v) is 6.21. The van der Waals surface area contributed by atoms with Gasteiger partial charge in [0, 0.05) is 30.6 Å². The molecule has 4 amide bonds. The first-order chi connectivity index (χ1) is 15.9. The van der Waals surface area contributed by atoms with Crippen molar-refractivity contribution in [2.24, 2.45) is 0 Å². The van der Waals surface area contributed by atoms with E-state index in [2.05, 4.69) is 10.6 Å². The Morgan fingerprint density at radius 1 is 1.18 bits per heavy atom. The molecule has 3 aliphatic heterocycles. The molecule has 0 saturated carbocycles. The molecule has 5 rings (SSSR count). The van der Waals surface area contributed by atoms with E-state index in [1.807, 2.05) is 37.3 Å². The van der Waals surface area contributed by atoms with Crippen LogP contribution in [0.1, 0.15) is 45.5 Å². The molecular formula is C25H23N3O5. The van der Waals surface area contributed by atoms with Crippen LogP contribution in [0.2, 0.25) is 0 Å². The first-order valence-corrected chi connectivity index (χ1v) is 10.9. The number of aryl methyl sites for hydroxylation is 1. The quantitative estimate of drug-likeness (QED) is 0.699. The number of ether oxygens (including phenoxy) is 1. The summed E-state index contributed by atoms with van der Waals surface area (Å²) >= 11 is 0. The van der Waals surface area contributed by atoms with Gasteiger partial charge in [-0.05, 0) is 48.7 Å². The van der Waals surface area contributed by atoms with Crippen molar-refractivity contribution in [3.63, 3.8) is 0 Å². The fourth-order valence-corrected chi connectivity index (χ4v) is 4.46. The van der Waals surface area contributed by atoms with Gasteiger partial charge in [-0.3, -0.25) is 24.5 Å². The standard InChI is InChI=1S/C25H23N3O5/c1-14-2-6-21-16(8-14)10-18(13-33-21)23(30)26-11-15-3-4-19-17(9-15)12-28(25(19)32)20-5-7-22(29)27-24(20)31/h2-4,6,8-10,20H,5,7,11-13H2,1H3,(H,26,30)(H,27,29,31). The summed E-state index contributed by atoms with van der Waals surface area (Å²) in [5, 5.41) is 5.22. The highest BCUT2D eigenvalue weighted by Gasteiger charge is 2.39. The molecule has 0 bridgehead atoms. The average molecular weight is 445 g/mol.